The van der Waals surface area contributed by atoms with Crippen molar-refractivity contribution in [1.29, 1.82) is 0 Å². The molecule has 0 unspecified atom stereocenters. The van der Waals surface area contributed by atoms with E-state index in [9.17, 15) is 4.79 Å². The number of anilines is 3. The zero-order chi connectivity index (χ0) is 19.0. The number of hydrogen-bond acceptors (Lipinski definition) is 3. The predicted octanol–water partition coefficient (Wildman–Crippen LogP) is 6.36. The zero-order valence-electron chi connectivity index (χ0n) is 16.3. The minimum atomic E-state index is -0.516. The smallest absolute Gasteiger partial charge is 0.412 e. The third kappa shape index (κ3) is 6.43. The van der Waals surface area contributed by atoms with E-state index >= 15 is 0 Å². The molecule has 2 aromatic rings. The van der Waals surface area contributed by atoms with Crippen molar-refractivity contribution < 1.29 is 9.53 Å². The van der Waals surface area contributed by atoms with Crippen LogP contribution in [-0.2, 0) is 4.74 Å². The van der Waals surface area contributed by atoms with Crippen LogP contribution >= 0.6 is 0 Å². The van der Waals surface area contributed by atoms with Gasteiger partial charge in [-0.3, -0.25) is 5.32 Å². The average Bonchev–Trinajstić information content (AvgIpc) is 2.58. The van der Waals surface area contributed by atoms with Crippen molar-refractivity contribution in [2.45, 2.75) is 52.6 Å². The minimum absolute atomic E-state index is 0.438. The number of para-hydroxylation sites is 1. The number of amides is 1. The molecule has 1 N–H and O–H groups in total. The van der Waals surface area contributed by atoms with Crippen molar-refractivity contribution in [3.05, 3.63) is 54.6 Å². The van der Waals surface area contributed by atoms with Gasteiger partial charge in [-0.1, -0.05) is 44.0 Å². The average molecular weight is 354 g/mol. The van der Waals surface area contributed by atoms with E-state index in [0.29, 0.717) is 0 Å². The van der Waals surface area contributed by atoms with Crippen LogP contribution < -0.4 is 10.2 Å². The summed E-state index contributed by atoms with van der Waals surface area (Å²) in [4.78, 5) is 14.3. The van der Waals surface area contributed by atoms with Crippen molar-refractivity contribution in [3.63, 3.8) is 0 Å². The number of benzene rings is 2. The zero-order valence-corrected chi connectivity index (χ0v) is 16.3. The number of unbranched alkanes of at least 4 members (excludes halogenated alkanes) is 2. The van der Waals surface area contributed by atoms with E-state index in [1.807, 2.05) is 57.2 Å². The van der Waals surface area contributed by atoms with Gasteiger partial charge >= 0.3 is 6.09 Å². The maximum Gasteiger partial charge on any atom is 0.412 e. The van der Waals surface area contributed by atoms with Crippen LogP contribution in [0, 0.1) is 0 Å². The third-order valence-corrected chi connectivity index (χ3v) is 3.86. The second kappa shape index (κ2) is 9.27. The first-order valence-electron chi connectivity index (χ1n) is 9.31. The van der Waals surface area contributed by atoms with E-state index in [2.05, 4.69) is 35.3 Å². The Hall–Kier alpha value is -2.49. The van der Waals surface area contributed by atoms with Crippen LogP contribution in [0.3, 0.4) is 0 Å². The Balaban J connectivity index is 2.19. The Morgan fingerprint density at radius 1 is 1.00 bits per heavy atom. The van der Waals surface area contributed by atoms with Crippen LogP contribution in [-0.4, -0.2) is 18.2 Å². The van der Waals surface area contributed by atoms with Crippen LogP contribution in [0.1, 0.15) is 47.0 Å². The van der Waals surface area contributed by atoms with Crippen molar-refractivity contribution >= 4 is 23.2 Å². The van der Waals surface area contributed by atoms with Gasteiger partial charge in [0.15, 0.2) is 0 Å². The number of carbonyl (C=O) groups is 1. The van der Waals surface area contributed by atoms with Gasteiger partial charge in [-0.05, 0) is 57.5 Å². The van der Waals surface area contributed by atoms with Gasteiger partial charge in [0.05, 0.1) is 0 Å². The number of nitrogens with one attached hydrogen (secondary N) is 1. The molecule has 0 spiro atoms. The van der Waals surface area contributed by atoms with E-state index in [-0.39, 0.29) is 0 Å². The summed E-state index contributed by atoms with van der Waals surface area (Å²) in [6, 6.07) is 18.2. The van der Waals surface area contributed by atoms with Gasteiger partial charge < -0.3 is 9.64 Å². The Morgan fingerprint density at radius 3 is 2.35 bits per heavy atom. The molecular formula is C22H30N2O2. The van der Waals surface area contributed by atoms with Gasteiger partial charge in [0.25, 0.3) is 0 Å². The fraction of sp³-hybridized carbons (Fsp3) is 0.409. The van der Waals surface area contributed by atoms with Gasteiger partial charge in [0, 0.05) is 23.6 Å². The fourth-order valence-electron chi connectivity index (χ4n) is 2.71. The molecule has 0 bridgehead atoms. The number of ether oxygens (including phenoxy) is 1. The standard InChI is InChI=1S/C22H30N2O2/c1-5-6-10-16-24(19-13-8-7-9-14-19)20-15-11-12-18(17-20)23-21(25)26-22(2,3)4/h7-9,11-15,17H,5-6,10,16H2,1-4H3,(H,23,25). The van der Waals surface area contributed by atoms with E-state index in [1.165, 1.54) is 12.8 Å². The summed E-state index contributed by atoms with van der Waals surface area (Å²) in [5.41, 5.74) is 2.42. The molecule has 0 fully saturated rings. The normalized spacial score (nSPS) is 11.1. The third-order valence-electron chi connectivity index (χ3n) is 3.86. The van der Waals surface area contributed by atoms with E-state index < -0.39 is 11.7 Å². The summed E-state index contributed by atoms with van der Waals surface area (Å²) in [7, 11) is 0. The van der Waals surface area contributed by atoms with Gasteiger partial charge in [-0.15, -0.1) is 0 Å². The first-order valence-corrected chi connectivity index (χ1v) is 9.31. The highest BCUT2D eigenvalue weighted by atomic mass is 16.6. The molecule has 0 aliphatic rings. The minimum Gasteiger partial charge on any atom is -0.444 e. The molecule has 2 rings (SSSR count). The lowest BCUT2D eigenvalue weighted by Gasteiger charge is -2.26. The van der Waals surface area contributed by atoms with Crippen molar-refractivity contribution in [3.8, 4) is 0 Å². The van der Waals surface area contributed by atoms with Gasteiger partial charge in [0.2, 0.25) is 0 Å². The van der Waals surface area contributed by atoms with Gasteiger partial charge in [-0.2, -0.15) is 0 Å². The molecular weight excluding hydrogens is 324 g/mol. The second-order valence-electron chi connectivity index (χ2n) is 7.37. The molecule has 140 valence electrons. The molecule has 2 aromatic carbocycles. The molecule has 0 aliphatic carbocycles. The molecule has 0 saturated heterocycles. The highest BCUT2D eigenvalue weighted by molar-refractivity contribution is 5.86. The quantitative estimate of drug-likeness (QED) is 0.588. The summed E-state index contributed by atoms with van der Waals surface area (Å²) >= 11 is 0. The lowest BCUT2D eigenvalue weighted by molar-refractivity contribution is 0.0636. The molecule has 0 atom stereocenters. The van der Waals surface area contributed by atoms with Crippen molar-refractivity contribution in [2.24, 2.45) is 0 Å². The summed E-state index contributed by atoms with van der Waals surface area (Å²) in [6.45, 7) is 8.71. The topological polar surface area (TPSA) is 41.6 Å². The lowest BCUT2D eigenvalue weighted by atomic mass is 10.2. The highest BCUT2D eigenvalue weighted by Gasteiger charge is 2.16. The number of carbonyl (C=O) groups excluding carboxylic acids is 1. The van der Waals surface area contributed by atoms with Crippen LogP contribution in [0.25, 0.3) is 0 Å². The molecule has 0 saturated carbocycles. The molecule has 0 aliphatic heterocycles. The van der Waals surface area contributed by atoms with Crippen LogP contribution in [0.5, 0.6) is 0 Å². The molecule has 4 heteroatoms. The summed E-state index contributed by atoms with van der Waals surface area (Å²) in [5.74, 6) is 0. The molecule has 1 amide bonds. The monoisotopic (exact) mass is 354 g/mol. The summed E-state index contributed by atoms with van der Waals surface area (Å²) in [6.07, 6.45) is 3.06. The van der Waals surface area contributed by atoms with Crippen LogP contribution in [0.4, 0.5) is 21.9 Å². The van der Waals surface area contributed by atoms with E-state index in [0.717, 1.165) is 30.0 Å². The maximum atomic E-state index is 12.0. The molecule has 4 nitrogen and oxygen atoms in total. The maximum absolute atomic E-state index is 12.0. The van der Waals surface area contributed by atoms with E-state index in [4.69, 9.17) is 4.74 Å². The largest absolute Gasteiger partial charge is 0.444 e. The second-order valence-corrected chi connectivity index (χ2v) is 7.37. The Morgan fingerprint density at radius 2 is 1.69 bits per heavy atom. The summed E-state index contributed by atoms with van der Waals surface area (Å²) in [5, 5.41) is 2.82. The van der Waals surface area contributed by atoms with Gasteiger partial charge in [0.1, 0.15) is 5.60 Å². The van der Waals surface area contributed by atoms with Gasteiger partial charge in [-0.25, -0.2) is 4.79 Å². The Bertz CT molecular complexity index is 693. The van der Waals surface area contributed by atoms with Crippen molar-refractivity contribution in [1.82, 2.24) is 0 Å². The van der Waals surface area contributed by atoms with Crippen molar-refractivity contribution in [2.75, 3.05) is 16.8 Å². The van der Waals surface area contributed by atoms with Crippen LogP contribution in [0.15, 0.2) is 54.6 Å². The number of rotatable bonds is 7. The summed E-state index contributed by atoms with van der Waals surface area (Å²) < 4.78 is 5.34. The Kier molecular flexibility index (Phi) is 7.07. The SMILES string of the molecule is CCCCCN(c1ccccc1)c1cccc(NC(=O)OC(C)(C)C)c1. The molecule has 0 aromatic heterocycles. The van der Waals surface area contributed by atoms with Crippen LogP contribution in [0.2, 0.25) is 0 Å². The van der Waals surface area contributed by atoms with E-state index in [1.54, 1.807) is 0 Å². The Labute approximate surface area is 157 Å². The lowest BCUT2D eigenvalue weighted by Crippen LogP contribution is -2.27. The molecule has 26 heavy (non-hydrogen) atoms. The number of hydrogen-bond donors (Lipinski definition) is 1. The number of nitrogens with zero attached hydrogens (tertiary/aromatic N) is 1. The fourth-order valence-corrected chi connectivity index (χ4v) is 2.71. The predicted molar refractivity (Wildman–Crippen MR) is 109 cm³/mol. The molecule has 0 heterocycles. The first-order chi connectivity index (χ1) is 12.4. The molecule has 0 radical (unpaired) electrons. The highest BCUT2D eigenvalue weighted by Crippen LogP contribution is 2.28. The first kappa shape index (κ1) is 19.8.